The fourth-order valence-electron chi connectivity index (χ4n) is 4.80. The maximum Gasteiger partial charge on any atom is 0.289 e. The molecule has 12 heteroatoms. The average Bonchev–Trinajstić information content (AvgIpc) is 3.45. The summed E-state index contributed by atoms with van der Waals surface area (Å²) in [5.74, 6) is -0.628. The van der Waals surface area contributed by atoms with Crippen molar-refractivity contribution in [2.24, 2.45) is 0 Å². The van der Waals surface area contributed by atoms with Crippen molar-refractivity contribution in [3.05, 3.63) is 65.6 Å². The van der Waals surface area contributed by atoms with Crippen LogP contribution in [0.1, 0.15) is 23.4 Å². The number of sulfonamides is 1. The van der Waals surface area contributed by atoms with Crippen LogP contribution in [0, 0.1) is 0 Å². The van der Waals surface area contributed by atoms with E-state index in [0.717, 1.165) is 5.39 Å². The van der Waals surface area contributed by atoms with Crippen LogP contribution >= 0.6 is 11.6 Å². The highest BCUT2D eigenvalue weighted by Crippen LogP contribution is 2.23. The molecule has 2 aromatic carbocycles. The number of halogens is 1. The lowest BCUT2D eigenvalue weighted by molar-refractivity contribution is -0.143. The van der Waals surface area contributed by atoms with E-state index in [1.165, 1.54) is 17.2 Å². The van der Waals surface area contributed by atoms with E-state index in [2.05, 4.69) is 4.72 Å². The largest absolute Gasteiger partial charge is 0.459 e. The monoisotopic (exact) mass is 558 g/mol. The lowest BCUT2D eigenvalue weighted by atomic mass is 10.1. The number of nitrogens with one attached hydrogen (secondary N) is 1. The molecule has 0 unspecified atom stereocenters. The van der Waals surface area contributed by atoms with Gasteiger partial charge >= 0.3 is 0 Å². The molecule has 10 nitrogen and oxygen atoms in total. The van der Waals surface area contributed by atoms with Crippen LogP contribution in [0.25, 0.3) is 10.8 Å². The highest BCUT2D eigenvalue weighted by molar-refractivity contribution is 7.89. The summed E-state index contributed by atoms with van der Waals surface area (Å²) in [7, 11) is -3.97. The molecule has 2 saturated heterocycles. The van der Waals surface area contributed by atoms with Crippen molar-refractivity contribution in [1.29, 1.82) is 0 Å². The van der Waals surface area contributed by atoms with Gasteiger partial charge in [-0.15, -0.1) is 0 Å². The zero-order chi connectivity index (χ0) is 26.9. The van der Waals surface area contributed by atoms with Gasteiger partial charge < -0.3 is 19.1 Å². The molecule has 2 fully saturated rings. The first-order chi connectivity index (χ1) is 18.2. The third-order valence-electron chi connectivity index (χ3n) is 6.89. The number of benzene rings is 2. The molecule has 5 rings (SSSR count). The maximum atomic E-state index is 13.1. The molecule has 0 bridgehead atoms. The summed E-state index contributed by atoms with van der Waals surface area (Å²) in [6.07, 6.45) is 2.35. The van der Waals surface area contributed by atoms with Gasteiger partial charge in [-0.05, 0) is 60.0 Å². The van der Waals surface area contributed by atoms with E-state index >= 15 is 0 Å². The Morgan fingerprint density at radius 2 is 1.68 bits per heavy atom. The number of carbonyl (C=O) groups excluding carboxylic acids is 3. The highest BCUT2D eigenvalue weighted by Gasteiger charge is 2.35. The van der Waals surface area contributed by atoms with Gasteiger partial charge in [0.05, 0.1) is 17.7 Å². The van der Waals surface area contributed by atoms with Crippen molar-refractivity contribution < 1.29 is 27.2 Å². The number of piperidine rings is 1. The summed E-state index contributed by atoms with van der Waals surface area (Å²) < 4.78 is 33.9. The average molecular weight is 559 g/mol. The highest BCUT2D eigenvalue weighted by atomic mass is 35.5. The minimum Gasteiger partial charge on any atom is -0.459 e. The molecule has 2 aliphatic rings. The van der Waals surface area contributed by atoms with Gasteiger partial charge in [-0.3, -0.25) is 14.4 Å². The van der Waals surface area contributed by atoms with Gasteiger partial charge in [-0.1, -0.05) is 23.7 Å². The molecule has 3 heterocycles. The second-order valence-corrected chi connectivity index (χ2v) is 11.5. The molecule has 0 radical (unpaired) electrons. The first-order valence-corrected chi connectivity index (χ1v) is 14.2. The van der Waals surface area contributed by atoms with Gasteiger partial charge in [0, 0.05) is 37.7 Å². The standard InChI is InChI=1S/C26H27ClN4O6S/c27-20-7-5-19-16-21(8-6-18(19)15-20)38(35,36)28-22-3-1-9-31(25(22)33)17-24(32)29-10-12-30(13-11-29)26(34)23-4-2-14-37-23/h2,4-8,14-16,22,28H,1,3,9-13,17H2/t22-/m0/s1. The second-order valence-electron chi connectivity index (χ2n) is 9.38. The van der Waals surface area contributed by atoms with Crippen LogP contribution in [0.15, 0.2) is 64.1 Å². The predicted molar refractivity (Wildman–Crippen MR) is 140 cm³/mol. The van der Waals surface area contributed by atoms with Crippen LogP contribution in [0.5, 0.6) is 0 Å². The normalized spacial score (nSPS) is 18.7. The number of hydrogen-bond donors (Lipinski definition) is 1. The van der Waals surface area contributed by atoms with Gasteiger partial charge in [-0.25, -0.2) is 8.42 Å². The molecule has 1 N–H and O–H groups in total. The number of amides is 3. The molecule has 1 aromatic heterocycles. The predicted octanol–water partition coefficient (Wildman–Crippen LogP) is 2.34. The second kappa shape index (κ2) is 10.8. The summed E-state index contributed by atoms with van der Waals surface area (Å²) in [6.45, 7) is 1.64. The van der Waals surface area contributed by atoms with E-state index in [0.29, 0.717) is 56.0 Å². The van der Waals surface area contributed by atoms with Crippen LogP contribution < -0.4 is 4.72 Å². The summed E-state index contributed by atoms with van der Waals surface area (Å²) in [5, 5.41) is 2.07. The lowest BCUT2D eigenvalue weighted by Gasteiger charge is -2.37. The van der Waals surface area contributed by atoms with Gasteiger partial charge in [0.15, 0.2) is 5.76 Å². The molecule has 2 aliphatic heterocycles. The van der Waals surface area contributed by atoms with Crippen LogP contribution in [0.2, 0.25) is 5.02 Å². The van der Waals surface area contributed by atoms with E-state index in [1.807, 2.05) is 0 Å². The number of furan rings is 1. The third-order valence-corrected chi connectivity index (χ3v) is 8.59. The minimum atomic E-state index is -3.97. The van der Waals surface area contributed by atoms with Crippen molar-refractivity contribution in [3.63, 3.8) is 0 Å². The van der Waals surface area contributed by atoms with Crippen molar-refractivity contribution in [2.75, 3.05) is 39.3 Å². The Morgan fingerprint density at radius 3 is 2.42 bits per heavy atom. The molecule has 38 heavy (non-hydrogen) atoms. The number of fused-ring (bicyclic) bond motifs is 1. The molecular formula is C26H27ClN4O6S. The Morgan fingerprint density at radius 1 is 0.974 bits per heavy atom. The van der Waals surface area contributed by atoms with Crippen LogP contribution in [0.3, 0.4) is 0 Å². The maximum absolute atomic E-state index is 13.1. The van der Waals surface area contributed by atoms with Gasteiger partial charge in [0.25, 0.3) is 5.91 Å². The fraction of sp³-hybridized carbons (Fsp3) is 0.346. The summed E-state index contributed by atoms with van der Waals surface area (Å²) >= 11 is 6.01. The van der Waals surface area contributed by atoms with E-state index in [9.17, 15) is 22.8 Å². The Bertz CT molecular complexity index is 1470. The molecule has 3 aromatic rings. The summed E-state index contributed by atoms with van der Waals surface area (Å²) in [5.41, 5.74) is 0. The Kier molecular flexibility index (Phi) is 7.42. The van der Waals surface area contributed by atoms with Crippen LogP contribution in [-0.2, 0) is 19.6 Å². The molecular weight excluding hydrogens is 532 g/mol. The number of nitrogens with zero attached hydrogens (tertiary/aromatic N) is 3. The first-order valence-electron chi connectivity index (χ1n) is 12.3. The SMILES string of the molecule is O=C(CN1CCC[C@H](NS(=O)(=O)c2ccc3cc(Cl)ccc3c2)C1=O)N1CCN(C(=O)c2ccco2)CC1. The van der Waals surface area contributed by atoms with E-state index in [4.69, 9.17) is 16.0 Å². The van der Waals surface area contributed by atoms with Crippen LogP contribution in [-0.4, -0.2) is 86.1 Å². The van der Waals surface area contributed by atoms with Gasteiger partial charge in [-0.2, -0.15) is 4.72 Å². The summed E-state index contributed by atoms with van der Waals surface area (Å²) in [6, 6.07) is 12.2. The zero-order valence-corrected chi connectivity index (χ0v) is 22.1. The third kappa shape index (κ3) is 5.54. The molecule has 0 saturated carbocycles. The smallest absolute Gasteiger partial charge is 0.289 e. The van der Waals surface area contributed by atoms with Gasteiger partial charge in [0.1, 0.15) is 6.04 Å². The molecule has 0 spiro atoms. The topological polar surface area (TPSA) is 120 Å². The Labute approximate surface area is 225 Å². The molecule has 0 aliphatic carbocycles. The fourth-order valence-corrected chi connectivity index (χ4v) is 6.24. The zero-order valence-electron chi connectivity index (χ0n) is 20.5. The Hall–Kier alpha value is -3.41. The number of carbonyl (C=O) groups is 3. The number of likely N-dealkylation sites (tertiary alicyclic amines) is 1. The van der Waals surface area contributed by atoms with Crippen molar-refractivity contribution >= 4 is 50.1 Å². The Balaban J connectivity index is 1.18. The molecule has 3 amide bonds. The van der Waals surface area contributed by atoms with Crippen molar-refractivity contribution in [3.8, 4) is 0 Å². The van der Waals surface area contributed by atoms with E-state index in [-0.39, 0.29) is 29.0 Å². The van der Waals surface area contributed by atoms with E-state index < -0.39 is 22.0 Å². The van der Waals surface area contributed by atoms with Crippen molar-refractivity contribution in [2.45, 2.75) is 23.8 Å². The number of piperazine rings is 1. The minimum absolute atomic E-state index is 0.0512. The quantitative estimate of drug-likeness (QED) is 0.496. The van der Waals surface area contributed by atoms with Gasteiger partial charge in [0.2, 0.25) is 21.8 Å². The number of hydrogen-bond acceptors (Lipinski definition) is 6. The first kappa shape index (κ1) is 26.2. The lowest BCUT2D eigenvalue weighted by Crippen LogP contribution is -2.56. The van der Waals surface area contributed by atoms with E-state index in [1.54, 1.807) is 52.3 Å². The van der Waals surface area contributed by atoms with Crippen LogP contribution in [0.4, 0.5) is 0 Å². The summed E-state index contributed by atoms with van der Waals surface area (Å²) in [4.78, 5) is 43.2. The number of rotatable bonds is 6. The van der Waals surface area contributed by atoms with Crippen molar-refractivity contribution in [1.82, 2.24) is 19.4 Å². The molecule has 1 atom stereocenters. The molecule has 200 valence electrons.